The Balaban J connectivity index is 1.99. The molecule has 0 unspecified atom stereocenters. The van der Waals surface area contributed by atoms with Gasteiger partial charge in [-0.05, 0) is 29.7 Å². The summed E-state index contributed by atoms with van der Waals surface area (Å²) in [4.78, 5) is 4.50. The fourth-order valence-corrected chi connectivity index (χ4v) is 2.51. The summed E-state index contributed by atoms with van der Waals surface area (Å²) in [5, 5.41) is 9.57. The molecule has 0 bridgehead atoms. The van der Waals surface area contributed by atoms with Crippen LogP contribution in [0.25, 0.3) is 5.65 Å². The summed E-state index contributed by atoms with van der Waals surface area (Å²) in [6.45, 7) is 1.96. The summed E-state index contributed by atoms with van der Waals surface area (Å²) in [5.74, 6) is -0.339. The molecule has 0 aliphatic rings. The zero-order valence-electron chi connectivity index (χ0n) is 11.9. The molecule has 2 aromatic heterocycles. The second-order valence-corrected chi connectivity index (χ2v) is 5.09. The number of halogens is 1. The molecule has 0 radical (unpaired) electrons. The van der Waals surface area contributed by atoms with Crippen LogP contribution in [0.3, 0.4) is 0 Å². The van der Waals surface area contributed by atoms with Crippen LogP contribution < -0.4 is 0 Å². The summed E-state index contributed by atoms with van der Waals surface area (Å²) in [6, 6.07) is 11.4. The lowest BCUT2D eigenvalue weighted by Crippen LogP contribution is -1.98. The summed E-state index contributed by atoms with van der Waals surface area (Å²) in [7, 11) is 0. The van der Waals surface area contributed by atoms with Gasteiger partial charge in [0.25, 0.3) is 0 Å². The van der Waals surface area contributed by atoms with Gasteiger partial charge >= 0.3 is 0 Å². The first kappa shape index (κ1) is 13.8. The highest BCUT2D eigenvalue weighted by Crippen LogP contribution is 2.18. The molecule has 0 aliphatic heterocycles. The number of benzene rings is 1. The molecule has 1 N–H and O–H groups in total. The largest absolute Gasteiger partial charge is 0.390 e. The molecule has 0 amide bonds. The van der Waals surface area contributed by atoms with Crippen LogP contribution in [0.4, 0.5) is 4.39 Å². The third-order valence-electron chi connectivity index (χ3n) is 3.72. The molecular weight excluding hydrogens is 267 g/mol. The third kappa shape index (κ3) is 2.67. The minimum atomic E-state index is -0.339. The number of hydrogen-bond acceptors (Lipinski definition) is 2. The number of pyridine rings is 1. The minimum absolute atomic E-state index is 0.160. The second kappa shape index (κ2) is 5.66. The van der Waals surface area contributed by atoms with E-state index in [-0.39, 0.29) is 12.4 Å². The lowest BCUT2D eigenvalue weighted by Gasteiger charge is -2.03. The van der Waals surface area contributed by atoms with Crippen molar-refractivity contribution in [3.8, 4) is 0 Å². The van der Waals surface area contributed by atoms with E-state index in [9.17, 15) is 9.50 Å². The lowest BCUT2D eigenvalue weighted by molar-refractivity contribution is 0.274. The van der Waals surface area contributed by atoms with E-state index in [1.807, 2.05) is 0 Å². The van der Waals surface area contributed by atoms with Crippen LogP contribution in [0.5, 0.6) is 0 Å². The van der Waals surface area contributed by atoms with E-state index in [4.69, 9.17) is 0 Å². The monoisotopic (exact) mass is 284 g/mol. The zero-order chi connectivity index (χ0) is 14.8. The molecule has 2 heterocycles. The molecule has 3 rings (SSSR count). The molecule has 0 aliphatic carbocycles. The maximum Gasteiger partial charge on any atom is 0.139 e. The molecule has 21 heavy (non-hydrogen) atoms. The van der Waals surface area contributed by atoms with Gasteiger partial charge < -0.3 is 5.11 Å². The topological polar surface area (TPSA) is 37.5 Å². The van der Waals surface area contributed by atoms with E-state index in [2.05, 4.69) is 36.2 Å². The van der Waals surface area contributed by atoms with E-state index in [0.29, 0.717) is 17.8 Å². The minimum Gasteiger partial charge on any atom is -0.390 e. The number of imidazole rings is 1. The first-order chi connectivity index (χ1) is 10.2. The molecule has 3 aromatic rings. The first-order valence-corrected chi connectivity index (χ1v) is 7.05. The van der Waals surface area contributed by atoms with E-state index < -0.39 is 0 Å². The van der Waals surface area contributed by atoms with Crippen molar-refractivity contribution in [2.24, 2.45) is 0 Å². The van der Waals surface area contributed by atoms with Crippen molar-refractivity contribution < 1.29 is 9.50 Å². The Labute approximate surface area is 122 Å². The quantitative estimate of drug-likeness (QED) is 0.799. The van der Waals surface area contributed by atoms with Crippen LogP contribution in [-0.2, 0) is 19.4 Å². The number of nitrogens with zero attached hydrogens (tertiary/aromatic N) is 2. The standard InChI is InChI=1S/C17H17FN2O/c1-2-12-3-5-13(6-4-12)9-15-16(11-21)20-10-14(18)7-8-17(20)19-15/h3-8,10,21H,2,9,11H2,1H3. The van der Waals surface area contributed by atoms with Crippen molar-refractivity contribution in [1.82, 2.24) is 9.38 Å². The molecule has 0 fully saturated rings. The van der Waals surface area contributed by atoms with Crippen LogP contribution in [0, 0.1) is 5.82 Å². The molecule has 0 saturated carbocycles. The highest BCUT2D eigenvalue weighted by Gasteiger charge is 2.12. The molecule has 108 valence electrons. The summed E-state index contributed by atoms with van der Waals surface area (Å²) in [6.07, 6.45) is 3.00. The van der Waals surface area contributed by atoms with Crippen molar-refractivity contribution >= 4 is 5.65 Å². The molecule has 0 saturated heterocycles. The fraction of sp³-hybridized carbons (Fsp3) is 0.235. The smallest absolute Gasteiger partial charge is 0.139 e. The van der Waals surface area contributed by atoms with Crippen molar-refractivity contribution in [2.75, 3.05) is 0 Å². The lowest BCUT2D eigenvalue weighted by atomic mass is 10.1. The van der Waals surface area contributed by atoms with E-state index in [1.165, 1.54) is 17.8 Å². The normalized spacial score (nSPS) is 11.2. The number of aliphatic hydroxyl groups excluding tert-OH is 1. The molecule has 0 spiro atoms. The Morgan fingerprint density at radius 3 is 2.48 bits per heavy atom. The highest BCUT2D eigenvalue weighted by atomic mass is 19.1. The van der Waals surface area contributed by atoms with Crippen LogP contribution in [-0.4, -0.2) is 14.5 Å². The fourth-order valence-electron chi connectivity index (χ4n) is 2.51. The molecule has 4 heteroatoms. The Kier molecular flexibility index (Phi) is 3.71. The van der Waals surface area contributed by atoms with Crippen molar-refractivity contribution in [3.05, 3.63) is 70.9 Å². The van der Waals surface area contributed by atoms with Crippen LogP contribution in [0.2, 0.25) is 0 Å². The Morgan fingerprint density at radius 1 is 1.10 bits per heavy atom. The SMILES string of the molecule is CCc1ccc(Cc2nc3ccc(F)cn3c2CO)cc1. The third-order valence-corrected chi connectivity index (χ3v) is 3.72. The van der Waals surface area contributed by atoms with Crippen LogP contribution in [0.1, 0.15) is 29.4 Å². The van der Waals surface area contributed by atoms with Gasteiger partial charge in [-0.2, -0.15) is 0 Å². The number of aromatic nitrogens is 2. The highest BCUT2D eigenvalue weighted by molar-refractivity contribution is 5.44. The number of hydrogen-bond donors (Lipinski definition) is 1. The molecular formula is C17H17FN2O. The number of rotatable bonds is 4. The number of fused-ring (bicyclic) bond motifs is 1. The summed E-state index contributed by atoms with van der Waals surface area (Å²) < 4.78 is 15.0. The summed E-state index contributed by atoms with van der Waals surface area (Å²) in [5.41, 5.74) is 4.50. The molecule has 1 aromatic carbocycles. The maximum atomic E-state index is 13.3. The van der Waals surface area contributed by atoms with Gasteiger partial charge in [0, 0.05) is 12.6 Å². The van der Waals surface area contributed by atoms with Crippen LogP contribution >= 0.6 is 0 Å². The van der Waals surface area contributed by atoms with E-state index >= 15 is 0 Å². The Morgan fingerprint density at radius 2 is 1.81 bits per heavy atom. The van der Waals surface area contributed by atoms with Gasteiger partial charge in [0.15, 0.2) is 0 Å². The first-order valence-electron chi connectivity index (χ1n) is 7.05. The van der Waals surface area contributed by atoms with Gasteiger partial charge in [0.2, 0.25) is 0 Å². The predicted octanol–water partition coefficient (Wildman–Crippen LogP) is 3.12. The van der Waals surface area contributed by atoms with E-state index in [1.54, 1.807) is 10.5 Å². The second-order valence-electron chi connectivity index (χ2n) is 5.09. The van der Waals surface area contributed by atoms with Crippen molar-refractivity contribution in [1.29, 1.82) is 0 Å². The predicted molar refractivity (Wildman–Crippen MR) is 79.7 cm³/mol. The Hall–Kier alpha value is -2.20. The average molecular weight is 284 g/mol. The molecule has 0 atom stereocenters. The maximum absolute atomic E-state index is 13.3. The zero-order valence-corrected chi connectivity index (χ0v) is 11.9. The molecule has 3 nitrogen and oxygen atoms in total. The van der Waals surface area contributed by atoms with Crippen molar-refractivity contribution in [3.63, 3.8) is 0 Å². The summed E-state index contributed by atoms with van der Waals surface area (Å²) >= 11 is 0. The number of aryl methyl sites for hydroxylation is 1. The van der Waals surface area contributed by atoms with Gasteiger partial charge in [0.1, 0.15) is 11.5 Å². The van der Waals surface area contributed by atoms with Crippen LogP contribution in [0.15, 0.2) is 42.6 Å². The average Bonchev–Trinajstić information content (AvgIpc) is 2.84. The van der Waals surface area contributed by atoms with E-state index in [0.717, 1.165) is 17.7 Å². The van der Waals surface area contributed by atoms with Gasteiger partial charge in [-0.25, -0.2) is 9.37 Å². The Bertz CT molecular complexity index is 762. The van der Waals surface area contributed by atoms with Gasteiger partial charge in [-0.3, -0.25) is 4.40 Å². The van der Waals surface area contributed by atoms with Gasteiger partial charge in [-0.1, -0.05) is 31.2 Å². The number of aliphatic hydroxyl groups is 1. The van der Waals surface area contributed by atoms with Crippen molar-refractivity contribution in [2.45, 2.75) is 26.4 Å². The van der Waals surface area contributed by atoms with Gasteiger partial charge in [0.05, 0.1) is 18.0 Å². The van der Waals surface area contributed by atoms with Gasteiger partial charge in [-0.15, -0.1) is 0 Å².